The molecule has 1 aromatic heterocycles. The van der Waals surface area contributed by atoms with Crippen molar-refractivity contribution in [1.82, 2.24) is 9.62 Å². The van der Waals surface area contributed by atoms with Crippen LogP contribution in [0.3, 0.4) is 0 Å². The number of halogens is 3. The Morgan fingerprint density at radius 2 is 2.00 bits per heavy atom. The highest BCUT2D eigenvalue weighted by molar-refractivity contribution is 7.89. The fourth-order valence-corrected chi connectivity index (χ4v) is 4.26. The zero-order chi connectivity index (χ0) is 16.3. The molecule has 0 fully saturated rings. The smallest absolute Gasteiger partial charge is 0.310 e. The highest BCUT2D eigenvalue weighted by atomic mass is 32.2. The summed E-state index contributed by atoms with van der Waals surface area (Å²) in [7, 11) is -4.11. The van der Waals surface area contributed by atoms with Crippen molar-refractivity contribution in [1.29, 1.82) is 0 Å². The van der Waals surface area contributed by atoms with Crippen LogP contribution in [-0.2, 0) is 16.6 Å². The highest BCUT2D eigenvalue weighted by Gasteiger charge is 2.36. The van der Waals surface area contributed by atoms with Gasteiger partial charge < -0.3 is 5.32 Å². The van der Waals surface area contributed by atoms with Gasteiger partial charge in [-0.25, -0.2) is 8.42 Å². The molecule has 1 rings (SSSR count). The molecule has 0 amide bonds. The fourth-order valence-electron chi connectivity index (χ4n) is 1.61. The van der Waals surface area contributed by atoms with Crippen LogP contribution in [0.1, 0.15) is 25.6 Å². The maximum Gasteiger partial charge on any atom is 0.402 e. The molecule has 0 aliphatic rings. The Kier molecular flexibility index (Phi) is 6.21. The minimum absolute atomic E-state index is 0.0841. The second kappa shape index (κ2) is 7.08. The van der Waals surface area contributed by atoms with E-state index in [1.807, 2.05) is 13.8 Å². The predicted octanol–water partition coefficient (Wildman–Crippen LogP) is 2.82. The van der Waals surface area contributed by atoms with Crippen LogP contribution in [0.4, 0.5) is 13.2 Å². The molecule has 0 radical (unpaired) electrons. The molecule has 0 aliphatic heterocycles. The number of hydrogen-bond acceptors (Lipinski definition) is 4. The van der Waals surface area contributed by atoms with Gasteiger partial charge in [0.2, 0.25) is 10.0 Å². The van der Waals surface area contributed by atoms with Crippen molar-refractivity contribution in [2.24, 2.45) is 0 Å². The summed E-state index contributed by atoms with van der Waals surface area (Å²) in [6.07, 6.45) is -4.55. The van der Waals surface area contributed by atoms with Crippen LogP contribution in [0.25, 0.3) is 0 Å². The molecule has 122 valence electrons. The first kappa shape index (κ1) is 18.4. The van der Waals surface area contributed by atoms with E-state index < -0.39 is 22.7 Å². The van der Waals surface area contributed by atoms with Gasteiger partial charge in [0.05, 0.1) is 4.90 Å². The van der Waals surface area contributed by atoms with E-state index in [1.165, 1.54) is 29.7 Å². The molecular formula is C12H19F3N2O2S2. The molecule has 21 heavy (non-hydrogen) atoms. The second-order valence-electron chi connectivity index (χ2n) is 4.83. The molecule has 0 atom stereocenters. The summed E-state index contributed by atoms with van der Waals surface area (Å²) in [6.45, 7) is 4.08. The Morgan fingerprint density at radius 1 is 1.38 bits per heavy atom. The molecule has 1 heterocycles. The third-order valence-electron chi connectivity index (χ3n) is 2.66. The molecule has 0 spiro atoms. The van der Waals surface area contributed by atoms with E-state index in [9.17, 15) is 21.6 Å². The molecule has 1 N–H and O–H groups in total. The first-order valence-electron chi connectivity index (χ1n) is 6.44. The van der Waals surface area contributed by atoms with E-state index in [4.69, 9.17) is 0 Å². The minimum atomic E-state index is -4.55. The largest absolute Gasteiger partial charge is 0.402 e. The van der Waals surface area contributed by atoms with Gasteiger partial charge in [-0.1, -0.05) is 20.8 Å². The van der Waals surface area contributed by atoms with Crippen LogP contribution in [0.2, 0.25) is 0 Å². The number of thiophene rings is 1. The molecule has 9 heteroatoms. The van der Waals surface area contributed by atoms with Crippen LogP contribution >= 0.6 is 11.3 Å². The number of hydrogen-bond donors (Lipinski definition) is 1. The summed E-state index contributed by atoms with van der Waals surface area (Å²) in [6, 6.07) is 1.67. The normalized spacial score (nSPS) is 13.3. The van der Waals surface area contributed by atoms with E-state index >= 15 is 0 Å². The molecule has 0 saturated heterocycles. The first-order valence-corrected chi connectivity index (χ1v) is 8.76. The lowest BCUT2D eigenvalue weighted by Crippen LogP contribution is -2.38. The summed E-state index contributed by atoms with van der Waals surface area (Å²) < 4.78 is 62.2. The van der Waals surface area contributed by atoms with Crippen molar-refractivity contribution in [3.8, 4) is 0 Å². The third kappa shape index (κ3) is 5.57. The van der Waals surface area contributed by atoms with Crippen molar-refractivity contribution in [2.45, 2.75) is 44.4 Å². The number of nitrogens with one attached hydrogen (secondary N) is 1. The van der Waals surface area contributed by atoms with Gasteiger partial charge in [-0.15, -0.1) is 11.3 Å². The van der Waals surface area contributed by atoms with Gasteiger partial charge in [-0.2, -0.15) is 17.5 Å². The van der Waals surface area contributed by atoms with Gasteiger partial charge in [0.1, 0.15) is 6.54 Å². The molecule has 0 unspecified atom stereocenters. The molecule has 0 saturated carbocycles. The van der Waals surface area contributed by atoms with Crippen molar-refractivity contribution in [3.63, 3.8) is 0 Å². The van der Waals surface area contributed by atoms with Crippen LogP contribution in [0, 0.1) is 0 Å². The van der Waals surface area contributed by atoms with Gasteiger partial charge >= 0.3 is 6.18 Å². The van der Waals surface area contributed by atoms with Crippen molar-refractivity contribution >= 4 is 21.4 Å². The van der Waals surface area contributed by atoms with Gasteiger partial charge in [-0.3, -0.25) is 0 Å². The number of rotatable bonds is 7. The second-order valence-corrected chi connectivity index (χ2v) is 7.76. The fraction of sp³-hybridized carbons (Fsp3) is 0.667. The number of alkyl halides is 3. The number of sulfonamides is 1. The van der Waals surface area contributed by atoms with Crippen molar-refractivity contribution in [3.05, 3.63) is 16.3 Å². The van der Waals surface area contributed by atoms with Crippen LogP contribution in [0.15, 0.2) is 16.3 Å². The van der Waals surface area contributed by atoms with Crippen LogP contribution in [0.5, 0.6) is 0 Å². The monoisotopic (exact) mass is 344 g/mol. The molecule has 0 bridgehead atoms. The van der Waals surface area contributed by atoms with Gasteiger partial charge in [-0.05, 0) is 6.07 Å². The van der Waals surface area contributed by atoms with E-state index in [2.05, 4.69) is 5.32 Å². The van der Waals surface area contributed by atoms with Gasteiger partial charge in [0.15, 0.2) is 0 Å². The Labute approximate surface area is 127 Å². The summed E-state index contributed by atoms with van der Waals surface area (Å²) in [5.74, 6) is 0. The Bertz CT molecular complexity index is 553. The molecular weight excluding hydrogens is 325 g/mol. The molecule has 0 aromatic carbocycles. The summed E-state index contributed by atoms with van der Waals surface area (Å²) in [5, 5.41) is 4.51. The van der Waals surface area contributed by atoms with Crippen molar-refractivity contribution < 1.29 is 21.6 Å². The van der Waals surface area contributed by atoms with E-state index in [1.54, 1.807) is 0 Å². The Hall–Kier alpha value is -0.640. The van der Waals surface area contributed by atoms with Crippen molar-refractivity contribution in [2.75, 3.05) is 13.1 Å². The molecule has 4 nitrogen and oxygen atoms in total. The maximum atomic E-state index is 12.4. The summed E-state index contributed by atoms with van der Waals surface area (Å²) >= 11 is 1.21. The average molecular weight is 344 g/mol. The zero-order valence-electron chi connectivity index (χ0n) is 12.1. The summed E-state index contributed by atoms with van der Waals surface area (Å²) in [4.78, 5) is 0.685. The Morgan fingerprint density at radius 3 is 2.48 bits per heavy atom. The minimum Gasteiger partial charge on any atom is -0.310 e. The van der Waals surface area contributed by atoms with Gasteiger partial charge in [0, 0.05) is 29.4 Å². The quantitative estimate of drug-likeness (QED) is 0.827. The first-order chi connectivity index (χ1) is 9.56. The maximum absolute atomic E-state index is 12.4. The van der Waals surface area contributed by atoms with E-state index in [0.29, 0.717) is 10.8 Å². The zero-order valence-corrected chi connectivity index (χ0v) is 13.7. The molecule has 0 aliphatic carbocycles. The third-order valence-corrected chi connectivity index (χ3v) is 5.64. The van der Waals surface area contributed by atoms with Crippen LogP contribution in [-0.4, -0.2) is 38.0 Å². The molecule has 1 aromatic rings. The lowest BCUT2D eigenvalue weighted by atomic mass is 10.4. The number of nitrogens with zero attached hydrogens (tertiary/aromatic N) is 1. The average Bonchev–Trinajstić information content (AvgIpc) is 2.81. The SMILES string of the molecule is CCN(CC(F)(F)F)S(=O)(=O)c1csc(CNC(C)C)c1. The standard InChI is InChI=1S/C12H19F3N2O2S2/c1-4-17(8-12(13,14)15)21(18,19)11-5-10(20-7-11)6-16-9(2)3/h5,7,9,16H,4,6,8H2,1-3H3. The summed E-state index contributed by atoms with van der Waals surface area (Å²) in [5.41, 5.74) is 0. The highest BCUT2D eigenvalue weighted by Crippen LogP contribution is 2.25. The topological polar surface area (TPSA) is 49.4 Å². The van der Waals surface area contributed by atoms with Gasteiger partial charge in [0.25, 0.3) is 0 Å². The lowest BCUT2D eigenvalue weighted by molar-refractivity contribution is -0.135. The Balaban J connectivity index is 2.91. The van der Waals surface area contributed by atoms with Crippen LogP contribution < -0.4 is 5.32 Å². The van der Waals surface area contributed by atoms with E-state index in [0.717, 1.165) is 4.88 Å². The predicted molar refractivity (Wildman–Crippen MR) is 76.8 cm³/mol. The van der Waals surface area contributed by atoms with E-state index in [-0.39, 0.29) is 17.5 Å². The lowest BCUT2D eigenvalue weighted by Gasteiger charge is -2.21.